The number of hydrogen-bond acceptors (Lipinski definition) is 7. The Bertz CT molecular complexity index is 1590. The van der Waals surface area contributed by atoms with Crippen LogP contribution in [0.3, 0.4) is 0 Å². The Hall–Kier alpha value is -4.43. The zero-order valence-corrected chi connectivity index (χ0v) is 21.4. The summed E-state index contributed by atoms with van der Waals surface area (Å²) in [7, 11) is 1.54. The van der Waals surface area contributed by atoms with Gasteiger partial charge in [0.1, 0.15) is 11.3 Å². The van der Waals surface area contributed by atoms with Gasteiger partial charge in [-0.1, -0.05) is 29.8 Å². The van der Waals surface area contributed by atoms with Crippen LogP contribution in [0.25, 0.3) is 11.0 Å². The molecule has 5 rings (SSSR count). The van der Waals surface area contributed by atoms with Crippen LogP contribution in [0.4, 0.5) is 0 Å². The SMILES string of the molecule is CCOc1cc(C2C(C(=O)c3cc4cc(Cl)ccc4o3)=C(O)C(=O)N2Cc2cccc(OC)c2)ccc1O. The summed E-state index contributed by atoms with van der Waals surface area (Å²) >= 11 is 6.08. The van der Waals surface area contributed by atoms with Crippen molar-refractivity contribution in [3.05, 3.63) is 100.0 Å². The molecule has 0 saturated heterocycles. The summed E-state index contributed by atoms with van der Waals surface area (Å²) in [5, 5.41) is 22.4. The molecule has 1 amide bonds. The quantitative estimate of drug-likeness (QED) is 0.268. The van der Waals surface area contributed by atoms with Crippen LogP contribution >= 0.6 is 11.6 Å². The minimum absolute atomic E-state index is 0.0475. The number of carbonyl (C=O) groups is 2. The minimum Gasteiger partial charge on any atom is -0.504 e. The third-order valence-corrected chi connectivity index (χ3v) is 6.57. The lowest BCUT2D eigenvalue weighted by Gasteiger charge is -2.27. The number of amides is 1. The number of rotatable bonds is 8. The molecule has 1 aromatic heterocycles. The second kappa shape index (κ2) is 10.1. The van der Waals surface area contributed by atoms with Gasteiger partial charge >= 0.3 is 0 Å². The van der Waals surface area contributed by atoms with Crippen LogP contribution in [-0.4, -0.2) is 40.5 Å². The standard InChI is InChI=1S/C29H24ClNO7/c1-3-37-23-13-17(7-9-21(23)32)26-25(27(33)24-14-18-12-19(30)8-10-22(18)38-24)28(34)29(35)31(26)15-16-5-4-6-20(11-16)36-2/h4-14,26,32,34H,3,15H2,1-2H3. The van der Waals surface area contributed by atoms with Gasteiger partial charge in [-0.25, -0.2) is 0 Å². The highest BCUT2D eigenvalue weighted by Gasteiger charge is 2.44. The first-order chi connectivity index (χ1) is 18.3. The van der Waals surface area contributed by atoms with Gasteiger partial charge in [-0.15, -0.1) is 0 Å². The van der Waals surface area contributed by atoms with Gasteiger partial charge in [-0.05, 0) is 66.6 Å². The molecule has 38 heavy (non-hydrogen) atoms. The summed E-state index contributed by atoms with van der Waals surface area (Å²) in [6, 6.07) is 17.2. The number of aliphatic hydroxyl groups is 1. The normalized spacial score (nSPS) is 15.4. The molecule has 194 valence electrons. The van der Waals surface area contributed by atoms with Gasteiger partial charge in [0, 0.05) is 17.0 Å². The van der Waals surface area contributed by atoms with Crippen LogP contribution in [0, 0.1) is 0 Å². The maximum absolute atomic E-state index is 13.8. The Balaban J connectivity index is 1.62. The first kappa shape index (κ1) is 25.2. The van der Waals surface area contributed by atoms with Crippen molar-refractivity contribution >= 4 is 34.3 Å². The summed E-state index contributed by atoms with van der Waals surface area (Å²) in [6.07, 6.45) is 0. The first-order valence-electron chi connectivity index (χ1n) is 11.9. The van der Waals surface area contributed by atoms with E-state index in [0.29, 0.717) is 33.9 Å². The fourth-order valence-electron chi connectivity index (χ4n) is 4.59. The van der Waals surface area contributed by atoms with E-state index in [2.05, 4.69) is 0 Å². The summed E-state index contributed by atoms with van der Waals surface area (Å²) in [5.41, 5.74) is 1.49. The second-order valence-corrected chi connectivity index (χ2v) is 9.17. The van der Waals surface area contributed by atoms with Gasteiger partial charge in [-0.2, -0.15) is 0 Å². The molecule has 1 aliphatic rings. The van der Waals surface area contributed by atoms with Crippen LogP contribution in [0.2, 0.25) is 5.02 Å². The minimum atomic E-state index is -0.988. The second-order valence-electron chi connectivity index (χ2n) is 8.73. The Morgan fingerprint density at radius 1 is 1.08 bits per heavy atom. The molecule has 0 saturated carbocycles. The monoisotopic (exact) mass is 533 g/mol. The number of phenolic OH excluding ortho intramolecular Hbond substituents is 1. The number of aromatic hydroxyl groups is 1. The van der Waals surface area contributed by atoms with E-state index in [1.54, 1.807) is 62.6 Å². The fraction of sp³-hybridized carbons (Fsp3) is 0.172. The first-order valence-corrected chi connectivity index (χ1v) is 12.2. The molecular formula is C29H24ClNO7. The molecule has 1 unspecified atom stereocenters. The molecule has 8 nitrogen and oxygen atoms in total. The van der Waals surface area contributed by atoms with E-state index in [1.807, 2.05) is 6.07 Å². The highest BCUT2D eigenvalue weighted by Crippen LogP contribution is 2.43. The van der Waals surface area contributed by atoms with Crippen molar-refractivity contribution in [2.45, 2.75) is 19.5 Å². The Labute approximate surface area is 223 Å². The molecule has 0 bridgehead atoms. The molecule has 0 aliphatic carbocycles. The summed E-state index contributed by atoms with van der Waals surface area (Å²) in [4.78, 5) is 28.6. The molecule has 4 aromatic rings. The topological polar surface area (TPSA) is 109 Å². The third-order valence-electron chi connectivity index (χ3n) is 6.34. The van der Waals surface area contributed by atoms with Crippen molar-refractivity contribution < 1.29 is 33.7 Å². The van der Waals surface area contributed by atoms with Crippen LogP contribution in [-0.2, 0) is 11.3 Å². The molecule has 3 aromatic carbocycles. The molecule has 9 heteroatoms. The highest BCUT2D eigenvalue weighted by atomic mass is 35.5. The van der Waals surface area contributed by atoms with Crippen molar-refractivity contribution in [1.29, 1.82) is 0 Å². The number of aliphatic hydroxyl groups excluding tert-OH is 1. The molecular weight excluding hydrogens is 510 g/mol. The number of halogens is 1. The number of nitrogens with zero attached hydrogens (tertiary/aromatic N) is 1. The summed E-state index contributed by atoms with van der Waals surface area (Å²) < 4.78 is 16.6. The largest absolute Gasteiger partial charge is 0.504 e. The number of benzene rings is 3. The Morgan fingerprint density at radius 3 is 2.66 bits per heavy atom. The average molecular weight is 534 g/mol. The van der Waals surface area contributed by atoms with Crippen LogP contribution in [0.1, 0.15) is 34.6 Å². The van der Waals surface area contributed by atoms with Crippen molar-refractivity contribution in [3.63, 3.8) is 0 Å². The van der Waals surface area contributed by atoms with E-state index in [1.165, 1.54) is 17.0 Å². The third kappa shape index (κ3) is 4.54. The van der Waals surface area contributed by atoms with Crippen LogP contribution < -0.4 is 9.47 Å². The molecule has 1 atom stereocenters. The fourth-order valence-corrected chi connectivity index (χ4v) is 4.77. The number of hydrogen-bond donors (Lipinski definition) is 2. The van der Waals surface area contributed by atoms with Gasteiger partial charge < -0.3 is 29.0 Å². The van der Waals surface area contributed by atoms with Crippen LogP contribution in [0.5, 0.6) is 17.2 Å². The summed E-state index contributed by atoms with van der Waals surface area (Å²) in [6.45, 7) is 2.14. The Morgan fingerprint density at radius 2 is 1.89 bits per heavy atom. The smallest absolute Gasteiger partial charge is 0.290 e. The molecule has 0 radical (unpaired) electrons. The zero-order valence-electron chi connectivity index (χ0n) is 20.6. The number of ketones is 1. The van der Waals surface area contributed by atoms with E-state index in [9.17, 15) is 19.8 Å². The highest BCUT2D eigenvalue weighted by molar-refractivity contribution is 6.31. The van der Waals surface area contributed by atoms with E-state index in [4.69, 9.17) is 25.5 Å². The maximum Gasteiger partial charge on any atom is 0.290 e. The van der Waals surface area contributed by atoms with Gasteiger partial charge in [0.25, 0.3) is 5.91 Å². The number of furan rings is 1. The van der Waals surface area contributed by atoms with Crippen LogP contribution in [0.15, 0.2) is 82.5 Å². The molecule has 0 fully saturated rings. The van der Waals surface area contributed by atoms with E-state index in [0.717, 1.165) is 5.56 Å². The zero-order chi connectivity index (χ0) is 27.0. The molecule has 0 spiro atoms. The van der Waals surface area contributed by atoms with Crippen molar-refractivity contribution in [2.24, 2.45) is 0 Å². The lowest BCUT2D eigenvalue weighted by Crippen LogP contribution is -2.30. The van der Waals surface area contributed by atoms with E-state index >= 15 is 0 Å². The molecule has 2 N–H and O–H groups in total. The van der Waals surface area contributed by atoms with E-state index in [-0.39, 0.29) is 29.4 Å². The number of methoxy groups -OCH3 is 1. The lowest BCUT2D eigenvalue weighted by atomic mass is 9.94. The number of Topliss-reactive ketones (excluding diaryl/α,β-unsaturated/α-hetero) is 1. The predicted molar refractivity (Wildman–Crippen MR) is 141 cm³/mol. The van der Waals surface area contributed by atoms with E-state index < -0.39 is 23.5 Å². The summed E-state index contributed by atoms with van der Waals surface area (Å²) in [5.74, 6) is -1.38. The van der Waals surface area contributed by atoms with Gasteiger partial charge in [-0.3, -0.25) is 9.59 Å². The lowest BCUT2D eigenvalue weighted by molar-refractivity contribution is -0.130. The molecule has 1 aliphatic heterocycles. The maximum atomic E-state index is 13.8. The number of carbonyl (C=O) groups excluding carboxylic acids is 2. The van der Waals surface area contributed by atoms with Crippen molar-refractivity contribution in [3.8, 4) is 17.2 Å². The average Bonchev–Trinajstić information content (AvgIpc) is 3.44. The molecule has 2 heterocycles. The van der Waals surface area contributed by atoms with Gasteiger partial charge in [0.2, 0.25) is 5.78 Å². The number of ether oxygens (including phenoxy) is 2. The van der Waals surface area contributed by atoms with Crippen molar-refractivity contribution in [1.82, 2.24) is 4.90 Å². The Kier molecular flexibility index (Phi) is 6.73. The number of phenols is 1. The predicted octanol–water partition coefficient (Wildman–Crippen LogP) is 5.98. The number of fused-ring (bicyclic) bond motifs is 1. The van der Waals surface area contributed by atoms with Gasteiger partial charge in [0.15, 0.2) is 23.0 Å². The van der Waals surface area contributed by atoms with Gasteiger partial charge in [0.05, 0.1) is 25.3 Å². The van der Waals surface area contributed by atoms with Crippen molar-refractivity contribution in [2.75, 3.05) is 13.7 Å².